The van der Waals surface area contributed by atoms with Crippen LogP contribution in [0, 0.1) is 22.6 Å². The Morgan fingerprint density at radius 1 is 1.47 bits per heavy atom. The zero-order valence-electron chi connectivity index (χ0n) is 11.7. The molecule has 1 rings (SSSR count). The highest BCUT2D eigenvalue weighted by Gasteiger charge is 2.17. The van der Waals surface area contributed by atoms with Crippen molar-refractivity contribution in [3.8, 4) is 11.8 Å². The second-order valence-corrected chi connectivity index (χ2v) is 5.53. The standard InChI is InChI=1S/C15H21FN2O/c1-11(18)8-12-9-13(16)4-5-14(12)19-7-6-15(2,3)10-17/h4-5,9,11H,6-8,18H2,1-3H3. The molecule has 1 aromatic rings. The second kappa shape index (κ2) is 6.53. The smallest absolute Gasteiger partial charge is 0.123 e. The molecule has 3 nitrogen and oxygen atoms in total. The largest absolute Gasteiger partial charge is 0.493 e. The van der Waals surface area contributed by atoms with Crippen LogP contribution in [0.4, 0.5) is 4.39 Å². The summed E-state index contributed by atoms with van der Waals surface area (Å²) < 4.78 is 18.9. The van der Waals surface area contributed by atoms with Gasteiger partial charge >= 0.3 is 0 Å². The molecule has 0 radical (unpaired) electrons. The fraction of sp³-hybridized carbons (Fsp3) is 0.533. The molecule has 0 heterocycles. The van der Waals surface area contributed by atoms with Gasteiger partial charge in [0.15, 0.2) is 0 Å². The molecule has 0 bridgehead atoms. The molecule has 0 aliphatic carbocycles. The van der Waals surface area contributed by atoms with E-state index in [0.717, 1.165) is 5.56 Å². The normalized spacial score (nSPS) is 12.8. The van der Waals surface area contributed by atoms with Crippen LogP contribution in [0.25, 0.3) is 0 Å². The van der Waals surface area contributed by atoms with Crippen molar-refractivity contribution in [3.05, 3.63) is 29.6 Å². The number of hydrogen-bond donors (Lipinski definition) is 1. The first kappa shape index (κ1) is 15.5. The van der Waals surface area contributed by atoms with Crippen LogP contribution in [-0.2, 0) is 6.42 Å². The Morgan fingerprint density at radius 2 is 2.16 bits per heavy atom. The van der Waals surface area contributed by atoms with Crippen molar-refractivity contribution in [1.29, 1.82) is 5.26 Å². The van der Waals surface area contributed by atoms with Gasteiger partial charge in [0.05, 0.1) is 18.1 Å². The van der Waals surface area contributed by atoms with Gasteiger partial charge in [0.25, 0.3) is 0 Å². The average molecular weight is 264 g/mol. The summed E-state index contributed by atoms with van der Waals surface area (Å²) in [5, 5.41) is 8.93. The van der Waals surface area contributed by atoms with E-state index in [1.807, 2.05) is 20.8 Å². The molecule has 1 unspecified atom stereocenters. The second-order valence-electron chi connectivity index (χ2n) is 5.53. The Labute approximate surface area is 114 Å². The van der Waals surface area contributed by atoms with E-state index >= 15 is 0 Å². The van der Waals surface area contributed by atoms with Gasteiger partial charge in [-0.15, -0.1) is 0 Å². The van der Waals surface area contributed by atoms with E-state index in [2.05, 4.69) is 6.07 Å². The molecule has 0 aliphatic heterocycles. The minimum absolute atomic E-state index is 0.0558. The Hall–Kier alpha value is -1.60. The van der Waals surface area contributed by atoms with Gasteiger partial charge in [0.2, 0.25) is 0 Å². The molecule has 0 saturated heterocycles. The van der Waals surface area contributed by atoms with E-state index in [-0.39, 0.29) is 11.9 Å². The number of hydrogen-bond acceptors (Lipinski definition) is 3. The summed E-state index contributed by atoms with van der Waals surface area (Å²) in [4.78, 5) is 0. The summed E-state index contributed by atoms with van der Waals surface area (Å²) in [5.41, 5.74) is 6.09. The van der Waals surface area contributed by atoms with Gasteiger partial charge in [-0.3, -0.25) is 0 Å². The Kier molecular flexibility index (Phi) is 5.31. The number of nitrogens with two attached hydrogens (primary N) is 1. The van der Waals surface area contributed by atoms with Crippen molar-refractivity contribution in [2.45, 2.75) is 39.7 Å². The predicted molar refractivity (Wildman–Crippen MR) is 73.3 cm³/mol. The van der Waals surface area contributed by atoms with Gasteiger partial charge < -0.3 is 10.5 Å². The first-order valence-corrected chi connectivity index (χ1v) is 6.42. The lowest BCUT2D eigenvalue weighted by Crippen LogP contribution is -2.19. The zero-order chi connectivity index (χ0) is 14.5. The summed E-state index contributed by atoms with van der Waals surface area (Å²) in [6.07, 6.45) is 1.19. The maximum atomic E-state index is 13.2. The maximum absolute atomic E-state index is 13.2. The molecule has 1 atom stereocenters. The van der Waals surface area contributed by atoms with Crippen LogP contribution in [-0.4, -0.2) is 12.6 Å². The number of halogens is 1. The number of rotatable bonds is 6. The highest BCUT2D eigenvalue weighted by Crippen LogP contribution is 2.23. The third-order valence-corrected chi connectivity index (χ3v) is 2.85. The molecular formula is C15H21FN2O. The van der Waals surface area contributed by atoms with Crippen molar-refractivity contribution in [2.75, 3.05) is 6.61 Å². The lowest BCUT2D eigenvalue weighted by atomic mass is 9.92. The van der Waals surface area contributed by atoms with Gasteiger partial charge in [0, 0.05) is 6.04 Å². The fourth-order valence-electron chi connectivity index (χ4n) is 1.67. The van der Waals surface area contributed by atoms with E-state index in [1.165, 1.54) is 12.1 Å². The maximum Gasteiger partial charge on any atom is 0.123 e. The summed E-state index contributed by atoms with van der Waals surface area (Å²) in [5.74, 6) is 0.354. The molecule has 19 heavy (non-hydrogen) atoms. The van der Waals surface area contributed by atoms with Gasteiger partial charge in [0.1, 0.15) is 11.6 Å². The summed E-state index contributed by atoms with van der Waals surface area (Å²) in [6.45, 7) is 6.03. The molecular weight excluding hydrogens is 243 g/mol. The van der Waals surface area contributed by atoms with Gasteiger partial charge in [-0.25, -0.2) is 4.39 Å². The van der Waals surface area contributed by atoms with E-state index in [0.29, 0.717) is 25.2 Å². The van der Waals surface area contributed by atoms with Crippen molar-refractivity contribution >= 4 is 0 Å². The lowest BCUT2D eigenvalue weighted by Gasteiger charge is -2.17. The van der Waals surface area contributed by atoms with E-state index in [4.69, 9.17) is 15.7 Å². The highest BCUT2D eigenvalue weighted by molar-refractivity contribution is 5.34. The zero-order valence-corrected chi connectivity index (χ0v) is 11.7. The minimum atomic E-state index is -0.415. The highest BCUT2D eigenvalue weighted by atomic mass is 19.1. The molecule has 0 amide bonds. The monoisotopic (exact) mass is 264 g/mol. The van der Waals surface area contributed by atoms with Crippen LogP contribution in [0.1, 0.15) is 32.8 Å². The minimum Gasteiger partial charge on any atom is -0.493 e. The molecule has 104 valence electrons. The molecule has 2 N–H and O–H groups in total. The van der Waals surface area contributed by atoms with E-state index in [1.54, 1.807) is 6.07 Å². The molecule has 0 aliphatic rings. The van der Waals surface area contributed by atoms with Crippen molar-refractivity contribution in [3.63, 3.8) is 0 Å². The number of nitrogens with zero attached hydrogens (tertiary/aromatic N) is 1. The van der Waals surface area contributed by atoms with Crippen molar-refractivity contribution in [1.82, 2.24) is 0 Å². The van der Waals surface area contributed by atoms with E-state index < -0.39 is 5.41 Å². The van der Waals surface area contributed by atoms with Crippen LogP contribution in [0.3, 0.4) is 0 Å². The SMILES string of the molecule is CC(N)Cc1cc(F)ccc1OCCC(C)(C)C#N. The van der Waals surface area contributed by atoms with Crippen LogP contribution < -0.4 is 10.5 Å². The first-order chi connectivity index (χ1) is 8.84. The van der Waals surface area contributed by atoms with E-state index in [9.17, 15) is 4.39 Å². The summed E-state index contributed by atoms with van der Waals surface area (Å²) in [6, 6.07) is 6.61. The topological polar surface area (TPSA) is 59.0 Å². The molecule has 0 saturated carbocycles. The van der Waals surface area contributed by atoms with Gasteiger partial charge in [-0.05, 0) is 57.4 Å². The summed E-state index contributed by atoms with van der Waals surface area (Å²) >= 11 is 0. The molecule has 1 aromatic carbocycles. The quantitative estimate of drug-likeness (QED) is 0.859. The Morgan fingerprint density at radius 3 is 2.74 bits per heavy atom. The predicted octanol–water partition coefficient (Wildman–Crippen LogP) is 3.03. The van der Waals surface area contributed by atoms with Crippen LogP contribution >= 0.6 is 0 Å². The van der Waals surface area contributed by atoms with Crippen molar-refractivity contribution in [2.24, 2.45) is 11.1 Å². The number of benzene rings is 1. The van der Waals surface area contributed by atoms with Crippen molar-refractivity contribution < 1.29 is 9.13 Å². The number of nitriles is 1. The summed E-state index contributed by atoms with van der Waals surface area (Å²) in [7, 11) is 0. The third-order valence-electron chi connectivity index (χ3n) is 2.85. The average Bonchev–Trinajstić information content (AvgIpc) is 2.31. The third kappa shape index (κ3) is 5.27. The van der Waals surface area contributed by atoms with Crippen LogP contribution in [0.15, 0.2) is 18.2 Å². The molecule has 0 aromatic heterocycles. The first-order valence-electron chi connectivity index (χ1n) is 6.42. The molecule has 0 spiro atoms. The van der Waals surface area contributed by atoms with Gasteiger partial charge in [-0.1, -0.05) is 0 Å². The number of ether oxygens (including phenoxy) is 1. The Balaban J connectivity index is 2.70. The van der Waals surface area contributed by atoms with Crippen LogP contribution in [0.5, 0.6) is 5.75 Å². The fourth-order valence-corrected chi connectivity index (χ4v) is 1.67. The van der Waals surface area contributed by atoms with Crippen LogP contribution in [0.2, 0.25) is 0 Å². The molecule has 0 fully saturated rings. The van der Waals surface area contributed by atoms with Gasteiger partial charge in [-0.2, -0.15) is 5.26 Å². The Bertz CT molecular complexity index is 464. The lowest BCUT2D eigenvalue weighted by molar-refractivity contribution is 0.261. The molecule has 4 heteroatoms.